The minimum Gasteiger partial charge on any atom is -0.488 e. The summed E-state index contributed by atoms with van der Waals surface area (Å²) in [5, 5.41) is 2.63. The van der Waals surface area contributed by atoms with Crippen LogP contribution >= 0.6 is 0 Å². The van der Waals surface area contributed by atoms with Crippen LogP contribution < -0.4 is 15.0 Å². The fraction of sp³-hybridized carbons (Fsp3) is 0.158. The summed E-state index contributed by atoms with van der Waals surface area (Å²) < 4.78 is 44.6. The molecule has 0 atom stereocenters. The van der Waals surface area contributed by atoms with Crippen molar-refractivity contribution >= 4 is 17.7 Å². The molecule has 2 amide bonds. The Morgan fingerprint density at radius 1 is 1.17 bits per heavy atom. The highest BCUT2D eigenvalue weighted by Crippen LogP contribution is 2.35. The van der Waals surface area contributed by atoms with E-state index in [1.807, 2.05) is 0 Å². The zero-order valence-electron chi connectivity index (χ0n) is 14.8. The number of aromatic nitrogens is 3. The molecular weight excluding hydrogens is 387 g/mol. The minimum absolute atomic E-state index is 0.220. The van der Waals surface area contributed by atoms with Gasteiger partial charge in [0.05, 0.1) is 17.8 Å². The fourth-order valence-electron chi connectivity index (χ4n) is 2.85. The van der Waals surface area contributed by atoms with Crippen LogP contribution in [0.1, 0.15) is 5.56 Å². The molecule has 1 N–H and O–H groups in total. The number of halogens is 3. The van der Waals surface area contributed by atoms with Gasteiger partial charge < -0.3 is 4.74 Å². The van der Waals surface area contributed by atoms with Crippen molar-refractivity contribution < 1.29 is 22.7 Å². The third kappa shape index (κ3) is 3.96. The number of urea groups is 1. The van der Waals surface area contributed by atoms with Crippen LogP contribution in [0, 0.1) is 0 Å². The number of hydrogen-bond donors (Lipinski definition) is 1. The van der Waals surface area contributed by atoms with Crippen molar-refractivity contribution in [2.75, 3.05) is 23.4 Å². The maximum absolute atomic E-state index is 13.0. The van der Waals surface area contributed by atoms with E-state index >= 15 is 0 Å². The molecular formula is C19H14F3N5O2. The van der Waals surface area contributed by atoms with E-state index in [0.29, 0.717) is 17.3 Å². The topological polar surface area (TPSA) is 80.2 Å². The van der Waals surface area contributed by atoms with Crippen molar-refractivity contribution in [2.45, 2.75) is 6.18 Å². The normalized spacial score (nSPS) is 13.4. The van der Waals surface area contributed by atoms with Crippen LogP contribution in [0.5, 0.6) is 5.75 Å². The average Bonchev–Trinajstić information content (AvgIpc) is 2.73. The summed E-state index contributed by atoms with van der Waals surface area (Å²) in [5.41, 5.74) is -0.200. The second-order valence-corrected chi connectivity index (χ2v) is 6.12. The van der Waals surface area contributed by atoms with Gasteiger partial charge in [0.1, 0.15) is 18.8 Å². The number of hydrogen-bond acceptors (Lipinski definition) is 5. The predicted molar refractivity (Wildman–Crippen MR) is 98.6 cm³/mol. The number of fused-ring (bicyclic) bond motifs is 1. The molecule has 0 saturated heterocycles. The lowest BCUT2D eigenvalue weighted by Gasteiger charge is -2.28. The van der Waals surface area contributed by atoms with Gasteiger partial charge in [-0.1, -0.05) is 12.1 Å². The summed E-state index contributed by atoms with van der Waals surface area (Å²) in [6.07, 6.45) is -1.68. The molecule has 0 bridgehead atoms. The number of amides is 2. The van der Waals surface area contributed by atoms with E-state index in [-0.39, 0.29) is 24.5 Å². The Bertz CT molecular complexity index is 1040. The van der Waals surface area contributed by atoms with E-state index in [0.717, 1.165) is 12.1 Å². The number of pyridine rings is 1. The summed E-state index contributed by atoms with van der Waals surface area (Å²) in [7, 11) is 0. The number of carbonyl (C=O) groups is 1. The number of benzene rings is 1. The smallest absolute Gasteiger partial charge is 0.416 e. The standard InChI is InChI=1S/C19H14F3N5O2/c20-19(21,22)13-3-1-2-12(10-13)14-4-5-15-17(25-14)27(8-9-29-15)18(28)26-16-6-7-23-11-24-16/h1-7,10-11H,8-9H2,(H,23,24,26,28). The van der Waals surface area contributed by atoms with Crippen molar-refractivity contribution in [3.05, 3.63) is 60.6 Å². The third-order valence-corrected chi connectivity index (χ3v) is 4.22. The van der Waals surface area contributed by atoms with E-state index < -0.39 is 17.8 Å². The van der Waals surface area contributed by atoms with Crippen LogP contribution in [0.4, 0.5) is 29.6 Å². The Kier molecular flexibility index (Phi) is 4.75. The van der Waals surface area contributed by atoms with Gasteiger partial charge in [-0.15, -0.1) is 0 Å². The minimum atomic E-state index is -4.46. The van der Waals surface area contributed by atoms with Gasteiger partial charge in [-0.2, -0.15) is 13.2 Å². The van der Waals surface area contributed by atoms with Gasteiger partial charge in [-0.05, 0) is 30.3 Å². The van der Waals surface area contributed by atoms with Gasteiger partial charge >= 0.3 is 12.2 Å². The zero-order chi connectivity index (χ0) is 20.4. The molecule has 0 radical (unpaired) electrons. The molecule has 0 spiro atoms. The third-order valence-electron chi connectivity index (χ3n) is 4.22. The van der Waals surface area contributed by atoms with Crippen LogP contribution in [-0.2, 0) is 6.18 Å². The Labute approximate surface area is 163 Å². The summed E-state index contributed by atoms with van der Waals surface area (Å²) >= 11 is 0. The average molecular weight is 401 g/mol. The van der Waals surface area contributed by atoms with E-state index in [9.17, 15) is 18.0 Å². The first-order valence-electron chi connectivity index (χ1n) is 8.58. The maximum Gasteiger partial charge on any atom is 0.416 e. The molecule has 1 aliphatic heterocycles. The quantitative estimate of drug-likeness (QED) is 0.702. The fourth-order valence-corrected chi connectivity index (χ4v) is 2.85. The summed E-state index contributed by atoms with van der Waals surface area (Å²) in [6, 6.07) is 9.04. The molecule has 3 heterocycles. The number of nitrogens with zero attached hydrogens (tertiary/aromatic N) is 4. The zero-order valence-corrected chi connectivity index (χ0v) is 14.8. The lowest BCUT2D eigenvalue weighted by Crippen LogP contribution is -2.41. The monoisotopic (exact) mass is 401 g/mol. The summed E-state index contributed by atoms with van der Waals surface area (Å²) in [4.78, 5) is 26.1. The van der Waals surface area contributed by atoms with Crippen LogP contribution in [0.15, 0.2) is 55.0 Å². The second-order valence-electron chi connectivity index (χ2n) is 6.12. The first kappa shape index (κ1) is 18.7. The van der Waals surface area contributed by atoms with Gasteiger partial charge in [-0.25, -0.2) is 19.7 Å². The SMILES string of the molecule is O=C(Nc1ccncn1)N1CCOc2ccc(-c3cccc(C(F)(F)F)c3)nc21. The predicted octanol–water partition coefficient (Wildman–Crippen LogP) is 3.99. The molecule has 4 rings (SSSR count). The van der Waals surface area contributed by atoms with Gasteiger partial charge in [0.15, 0.2) is 11.6 Å². The number of rotatable bonds is 2. The van der Waals surface area contributed by atoms with Crippen molar-refractivity contribution in [3.63, 3.8) is 0 Å². The van der Waals surface area contributed by atoms with E-state index in [4.69, 9.17) is 4.74 Å². The number of ether oxygens (including phenoxy) is 1. The number of alkyl halides is 3. The first-order valence-corrected chi connectivity index (χ1v) is 8.58. The lowest BCUT2D eigenvalue weighted by molar-refractivity contribution is -0.137. The molecule has 0 fully saturated rings. The van der Waals surface area contributed by atoms with Gasteiger partial charge in [-0.3, -0.25) is 10.2 Å². The van der Waals surface area contributed by atoms with Crippen molar-refractivity contribution in [1.29, 1.82) is 0 Å². The molecule has 1 aromatic carbocycles. The van der Waals surface area contributed by atoms with Crippen molar-refractivity contribution in [2.24, 2.45) is 0 Å². The van der Waals surface area contributed by atoms with Crippen LogP contribution in [0.25, 0.3) is 11.3 Å². The maximum atomic E-state index is 13.0. The highest BCUT2D eigenvalue weighted by atomic mass is 19.4. The highest BCUT2D eigenvalue weighted by Gasteiger charge is 2.31. The van der Waals surface area contributed by atoms with E-state index in [1.54, 1.807) is 12.1 Å². The molecule has 0 saturated carbocycles. The molecule has 1 aliphatic rings. The Morgan fingerprint density at radius 2 is 2.03 bits per heavy atom. The Balaban J connectivity index is 1.66. The number of carbonyl (C=O) groups excluding carboxylic acids is 1. The Morgan fingerprint density at radius 3 is 2.79 bits per heavy atom. The van der Waals surface area contributed by atoms with Crippen LogP contribution in [0.2, 0.25) is 0 Å². The number of anilines is 2. The molecule has 3 aromatic rings. The first-order chi connectivity index (χ1) is 13.9. The molecule has 0 aliphatic carbocycles. The molecule has 2 aromatic heterocycles. The second kappa shape index (κ2) is 7.38. The van der Waals surface area contributed by atoms with Gasteiger partial charge in [0.2, 0.25) is 0 Å². The Hall–Kier alpha value is -3.69. The molecule has 0 unspecified atom stereocenters. The largest absolute Gasteiger partial charge is 0.488 e. The molecule has 10 heteroatoms. The molecule has 7 nitrogen and oxygen atoms in total. The lowest BCUT2D eigenvalue weighted by atomic mass is 10.1. The summed E-state index contributed by atoms with van der Waals surface area (Å²) in [6.45, 7) is 0.484. The van der Waals surface area contributed by atoms with Gasteiger partial charge in [0, 0.05) is 11.8 Å². The van der Waals surface area contributed by atoms with Crippen molar-refractivity contribution in [1.82, 2.24) is 15.0 Å². The highest BCUT2D eigenvalue weighted by molar-refractivity contribution is 6.01. The number of nitrogens with one attached hydrogen (secondary N) is 1. The molecule has 148 valence electrons. The van der Waals surface area contributed by atoms with Gasteiger partial charge in [0.25, 0.3) is 0 Å². The van der Waals surface area contributed by atoms with Crippen molar-refractivity contribution in [3.8, 4) is 17.0 Å². The van der Waals surface area contributed by atoms with E-state index in [1.165, 1.54) is 35.6 Å². The summed E-state index contributed by atoms with van der Waals surface area (Å²) in [5.74, 6) is 0.898. The molecule has 29 heavy (non-hydrogen) atoms. The van der Waals surface area contributed by atoms with E-state index in [2.05, 4.69) is 20.3 Å². The van der Waals surface area contributed by atoms with Crippen LogP contribution in [0.3, 0.4) is 0 Å². The van der Waals surface area contributed by atoms with Crippen LogP contribution in [-0.4, -0.2) is 34.1 Å².